The molecule has 154 valence electrons. The number of ether oxygens (including phenoxy) is 2. The Labute approximate surface area is 167 Å². The normalized spacial score (nSPS) is 25.3. The molecule has 0 aromatic heterocycles. The van der Waals surface area contributed by atoms with E-state index >= 15 is 0 Å². The highest BCUT2D eigenvalue weighted by Crippen LogP contribution is 2.39. The van der Waals surface area contributed by atoms with Crippen molar-refractivity contribution in [2.75, 3.05) is 18.7 Å². The lowest BCUT2D eigenvalue weighted by Gasteiger charge is -2.36. The average molecular weight is 401 g/mol. The molecule has 2 N–H and O–H groups in total. The van der Waals surface area contributed by atoms with Crippen molar-refractivity contribution in [2.24, 2.45) is 5.92 Å². The molecule has 2 unspecified atom stereocenters. The molecule has 2 atom stereocenters. The fraction of sp³-hybridized carbons (Fsp3) is 0.500. The first-order valence-corrected chi connectivity index (χ1v) is 9.70. The minimum atomic E-state index is -0.918. The Morgan fingerprint density at radius 2 is 1.97 bits per heavy atom. The van der Waals surface area contributed by atoms with Crippen molar-refractivity contribution in [3.05, 3.63) is 17.7 Å². The second-order valence-corrected chi connectivity index (χ2v) is 7.80. The van der Waals surface area contributed by atoms with Crippen molar-refractivity contribution < 1.29 is 28.7 Å². The van der Waals surface area contributed by atoms with Gasteiger partial charge in [-0.25, -0.2) is 4.79 Å². The van der Waals surface area contributed by atoms with Crippen molar-refractivity contribution >= 4 is 29.3 Å². The number of hydrogen-bond donors (Lipinski definition) is 2. The zero-order chi connectivity index (χ0) is 20.8. The van der Waals surface area contributed by atoms with Crippen LogP contribution in [-0.4, -0.2) is 47.4 Å². The van der Waals surface area contributed by atoms with Gasteiger partial charge in [-0.3, -0.25) is 19.3 Å². The number of Topliss-reactive ketones (excluding diaryl/α,β-unsaturated/α-hetero) is 1. The van der Waals surface area contributed by atoms with Crippen LogP contribution in [0.3, 0.4) is 0 Å². The second-order valence-electron chi connectivity index (χ2n) is 7.80. The Morgan fingerprint density at radius 3 is 2.66 bits per heavy atom. The standard InChI is InChI=1S/C20H23N3O6/c1-11-5-3-4-6-20(11)18(26)23(19(27)22-20)9-17(25)21-14-8-16-15(28-10-29-16)7-13(14)12(2)24/h7-8,11H,3-6,9-10H2,1-2H3,(H,21,25)(H,22,27). The maximum absolute atomic E-state index is 13.0. The number of hydrogen-bond acceptors (Lipinski definition) is 6. The molecule has 1 aliphatic carbocycles. The van der Waals surface area contributed by atoms with Gasteiger partial charge in [0.05, 0.1) is 5.69 Å². The maximum atomic E-state index is 13.0. The van der Waals surface area contributed by atoms with Crippen LogP contribution in [0.2, 0.25) is 0 Å². The van der Waals surface area contributed by atoms with Gasteiger partial charge in [0.15, 0.2) is 17.3 Å². The molecule has 0 radical (unpaired) electrons. The van der Waals surface area contributed by atoms with Crippen molar-refractivity contribution in [2.45, 2.75) is 45.1 Å². The Bertz CT molecular complexity index is 914. The third kappa shape index (κ3) is 3.20. The molecule has 1 saturated carbocycles. The molecule has 3 aliphatic rings. The van der Waals surface area contributed by atoms with Gasteiger partial charge in [0.2, 0.25) is 12.7 Å². The molecule has 2 heterocycles. The SMILES string of the molecule is CC(=O)c1cc2c(cc1NC(=O)CN1C(=O)NC3(CCCCC3C)C1=O)OCO2. The third-order valence-electron chi connectivity index (χ3n) is 5.97. The largest absolute Gasteiger partial charge is 0.454 e. The highest BCUT2D eigenvalue weighted by atomic mass is 16.7. The van der Waals surface area contributed by atoms with Crippen LogP contribution in [0.15, 0.2) is 12.1 Å². The number of urea groups is 1. The number of rotatable bonds is 4. The molecule has 2 fully saturated rings. The number of fused-ring (bicyclic) bond motifs is 1. The minimum Gasteiger partial charge on any atom is -0.454 e. The van der Waals surface area contributed by atoms with E-state index < -0.39 is 24.0 Å². The van der Waals surface area contributed by atoms with Gasteiger partial charge in [-0.2, -0.15) is 0 Å². The molecule has 2 aliphatic heterocycles. The number of carbonyl (C=O) groups is 4. The van der Waals surface area contributed by atoms with Gasteiger partial charge in [-0.05, 0) is 31.7 Å². The van der Waals surface area contributed by atoms with Crippen molar-refractivity contribution in [1.29, 1.82) is 0 Å². The number of nitrogens with one attached hydrogen (secondary N) is 2. The first-order chi connectivity index (χ1) is 13.8. The van der Waals surface area contributed by atoms with Gasteiger partial charge in [-0.15, -0.1) is 0 Å². The predicted molar refractivity (Wildman–Crippen MR) is 102 cm³/mol. The van der Waals surface area contributed by atoms with Gasteiger partial charge in [0.25, 0.3) is 5.91 Å². The lowest BCUT2D eigenvalue weighted by Crippen LogP contribution is -2.54. The van der Waals surface area contributed by atoms with Crippen molar-refractivity contribution in [3.63, 3.8) is 0 Å². The first kappa shape index (κ1) is 19.2. The monoisotopic (exact) mass is 401 g/mol. The van der Waals surface area contributed by atoms with Gasteiger partial charge in [-0.1, -0.05) is 19.8 Å². The number of carbonyl (C=O) groups excluding carboxylic acids is 4. The summed E-state index contributed by atoms with van der Waals surface area (Å²) in [6.45, 7) is 2.93. The van der Waals surface area contributed by atoms with E-state index in [4.69, 9.17) is 9.47 Å². The van der Waals surface area contributed by atoms with Crippen LogP contribution in [0.25, 0.3) is 0 Å². The summed E-state index contributed by atoms with van der Waals surface area (Å²) >= 11 is 0. The molecule has 4 rings (SSSR count). The molecule has 1 aromatic carbocycles. The molecule has 9 nitrogen and oxygen atoms in total. The quantitative estimate of drug-likeness (QED) is 0.590. The molecule has 0 bridgehead atoms. The van der Waals surface area contributed by atoms with Gasteiger partial charge in [0, 0.05) is 11.6 Å². The summed E-state index contributed by atoms with van der Waals surface area (Å²) < 4.78 is 10.6. The second kappa shape index (κ2) is 7.06. The molecule has 9 heteroatoms. The molecular formula is C20H23N3O6. The van der Waals surface area contributed by atoms with Crippen LogP contribution in [-0.2, 0) is 9.59 Å². The number of nitrogens with zero attached hydrogens (tertiary/aromatic N) is 1. The molecule has 1 aromatic rings. The molecular weight excluding hydrogens is 378 g/mol. The number of anilines is 1. The van der Waals surface area contributed by atoms with Crippen LogP contribution in [0.5, 0.6) is 11.5 Å². The van der Waals surface area contributed by atoms with Crippen molar-refractivity contribution in [1.82, 2.24) is 10.2 Å². The first-order valence-electron chi connectivity index (χ1n) is 9.70. The van der Waals surface area contributed by atoms with E-state index in [-0.39, 0.29) is 35.7 Å². The summed E-state index contributed by atoms with van der Waals surface area (Å²) in [5, 5.41) is 5.44. The number of imide groups is 1. The fourth-order valence-corrected chi connectivity index (χ4v) is 4.31. The van der Waals surface area contributed by atoms with E-state index in [0.717, 1.165) is 24.2 Å². The summed E-state index contributed by atoms with van der Waals surface area (Å²) in [6, 6.07) is 2.46. The summed E-state index contributed by atoms with van der Waals surface area (Å²) in [7, 11) is 0. The van der Waals surface area contributed by atoms with Crippen LogP contribution in [0, 0.1) is 5.92 Å². The smallest absolute Gasteiger partial charge is 0.325 e. The lowest BCUT2D eigenvalue weighted by molar-refractivity contribution is -0.136. The minimum absolute atomic E-state index is 0.0129. The van der Waals surface area contributed by atoms with E-state index in [0.29, 0.717) is 17.9 Å². The molecule has 29 heavy (non-hydrogen) atoms. The highest BCUT2D eigenvalue weighted by molar-refractivity contribution is 6.11. The third-order valence-corrected chi connectivity index (χ3v) is 5.97. The summed E-state index contributed by atoms with van der Waals surface area (Å²) in [6.07, 6.45) is 3.30. The highest BCUT2D eigenvalue weighted by Gasteiger charge is 2.55. The number of benzene rings is 1. The van der Waals surface area contributed by atoms with Crippen molar-refractivity contribution in [3.8, 4) is 11.5 Å². The van der Waals surface area contributed by atoms with E-state index in [1.54, 1.807) is 0 Å². The Kier molecular flexibility index (Phi) is 4.68. The zero-order valence-electron chi connectivity index (χ0n) is 16.4. The Hall–Kier alpha value is -3.10. The Balaban J connectivity index is 1.51. The molecule has 1 spiro atoms. The van der Waals surface area contributed by atoms with Gasteiger partial charge in [0.1, 0.15) is 12.1 Å². The predicted octanol–water partition coefficient (Wildman–Crippen LogP) is 2.06. The topological polar surface area (TPSA) is 114 Å². The average Bonchev–Trinajstić information content (AvgIpc) is 3.22. The van der Waals surface area contributed by atoms with E-state index in [1.807, 2.05) is 6.92 Å². The van der Waals surface area contributed by atoms with E-state index in [1.165, 1.54) is 19.1 Å². The van der Waals surface area contributed by atoms with E-state index in [2.05, 4.69) is 10.6 Å². The van der Waals surface area contributed by atoms with Gasteiger partial charge >= 0.3 is 6.03 Å². The fourth-order valence-electron chi connectivity index (χ4n) is 4.31. The summed E-state index contributed by atoms with van der Waals surface area (Å²) in [5.74, 6) is -0.342. The number of ketones is 1. The molecule has 1 saturated heterocycles. The lowest BCUT2D eigenvalue weighted by atomic mass is 9.73. The maximum Gasteiger partial charge on any atom is 0.325 e. The zero-order valence-corrected chi connectivity index (χ0v) is 16.4. The van der Waals surface area contributed by atoms with Crippen LogP contribution in [0.1, 0.15) is 49.9 Å². The number of amides is 4. The Morgan fingerprint density at radius 1 is 1.24 bits per heavy atom. The van der Waals surface area contributed by atoms with Crippen LogP contribution >= 0.6 is 0 Å². The summed E-state index contributed by atoms with van der Waals surface area (Å²) in [4.78, 5) is 51.0. The summed E-state index contributed by atoms with van der Waals surface area (Å²) in [5.41, 5.74) is -0.407. The van der Waals surface area contributed by atoms with Gasteiger partial charge < -0.3 is 20.1 Å². The molecule has 4 amide bonds. The van der Waals surface area contributed by atoms with Crippen LogP contribution in [0.4, 0.5) is 10.5 Å². The van der Waals surface area contributed by atoms with E-state index in [9.17, 15) is 19.2 Å². The van der Waals surface area contributed by atoms with Crippen LogP contribution < -0.4 is 20.1 Å².